The van der Waals surface area contributed by atoms with Crippen LogP contribution in [0.5, 0.6) is 0 Å². The number of carbonyl (C=O) groups is 2. The first kappa shape index (κ1) is 18.5. The molecule has 27 heavy (non-hydrogen) atoms. The van der Waals surface area contributed by atoms with E-state index in [1.165, 1.54) is 35.6 Å². The number of benzene rings is 2. The lowest BCUT2D eigenvalue weighted by Crippen LogP contribution is -2.27. The largest absolute Gasteiger partial charge is 0.480 e. The third-order valence-electron chi connectivity index (χ3n) is 4.04. The highest BCUT2D eigenvalue weighted by atomic mass is 32.1. The Kier molecular flexibility index (Phi) is 5.13. The summed E-state index contributed by atoms with van der Waals surface area (Å²) in [7, 11) is 0. The summed E-state index contributed by atoms with van der Waals surface area (Å²) in [5.41, 5.74) is 0.750. The molecule has 3 rings (SSSR count). The van der Waals surface area contributed by atoms with Crippen molar-refractivity contribution in [3.63, 3.8) is 0 Å². The summed E-state index contributed by atoms with van der Waals surface area (Å²) >= 11 is 1.22. The number of hydrogen-bond acceptors (Lipinski definition) is 5. The lowest BCUT2D eigenvalue weighted by molar-refractivity contribution is -0.384. The van der Waals surface area contributed by atoms with Gasteiger partial charge in [0.25, 0.3) is 11.6 Å². The zero-order chi connectivity index (χ0) is 19.6. The quantitative estimate of drug-likeness (QED) is 0.534. The van der Waals surface area contributed by atoms with Gasteiger partial charge in [0, 0.05) is 17.7 Å². The Hall–Kier alpha value is -3.33. The molecule has 1 heterocycles. The molecule has 0 radical (unpaired) electrons. The minimum atomic E-state index is -1.01. The summed E-state index contributed by atoms with van der Waals surface area (Å²) in [6.45, 7) is 1.75. The third kappa shape index (κ3) is 3.63. The van der Waals surface area contributed by atoms with Gasteiger partial charge in [0.05, 0.1) is 15.1 Å². The van der Waals surface area contributed by atoms with Crippen LogP contribution in [0.1, 0.15) is 29.7 Å². The fraction of sp³-hybridized carbons (Fsp3) is 0.167. The predicted octanol–water partition coefficient (Wildman–Crippen LogP) is 3.39. The van der Waals surface area contributed by atoms with Gasteiger partial charge in [-0.1, -0.05) is 30.4 Å². The van der Waals surface area contributed by atoms with Gasteiger partial charge < -0.3 is 9.67 Å². The van der Waals surface area contributed by atoms with E-state index in [-0.39, 0.29) is 16.1 Å². The molecule has 0 bridgehead atoms. The zero-order valence-electron chi connectivity index (χ0n) is 14.2. The van der Waals surface area contributed by atoms with E-state index in [1.807, 2.05) is 12.1 Å². The molecule has 0 spiro atoms. The number of aromatic nitrogens is 1. The number of amides is 1. The smallest absolute Gasteiger partial charge is 0.326 e. The molecule has 1 atom stereocenters. The highest BCUT2D eigenvalue weighted by Gasteiger charge is 2.22. The number of nitro benzene ring substituents is 1. The fourth-order valence-corrected chi connectivity index (χ4v) is 3.78. The maximum absolute atomic E-state index is 12.5. The second kappa shape index (κ2) is 7.50. The number of nitro groups is 1. The molecule has 9 heteroatoms. The minimum Gasteiger partial charge on any atom is -0.480 e. The Bertz CT molecular complexity index is 1100. The van der Waals surface area contributed by atoms with Crippen LogP contribution in [0.4, 0.5) is 5.69 Å². The number of rotatable bonds is 5. The Morgan fingerprint density at radius 3 is 2.48 bits per heavy atom. The summed E-state index contributed by atoms with van der Waals surface area (Å²) in [5, 5.41) is 20.3. The van der Waals surface area contributed by atoms with E-state index < -0.39 is 22.8 Å². The topological polar surface area (TPSA) is 115 Å². The average Bonchev–Trinajstić information content (AvgIpc) is 3.00. The number of carboxylic acids is 1. The molecular weight excluding hydrogens is 370 g/mol. The lowest BCUT2D eigenvalue weighted by atomic mass is 10.2. The number of carbonyl (C=O) groups excluding carboxylic acids is 1. The fourth-order valence-electron chi connectivity index (χ4n) is 2.72. The van der Waals surface area contributed by atoms with E-state index in [2.05, 4.69) is 4.99 Å². The van der Waals surface area contributed by atoms with Crippen molar-refractivity contribution in [3.8, 4) is 0 Å². The normalized spacial score (nSPS) is 12.9. The lowest BCUT2D eigenvalue weighted by Gasteiger charge is -2.13. The minimum absolute atomic E-state index is 0.125. The van der Waals surface area contributed by atoms with Gasteiger partial charge in [0.1, 0.15) is 6.04 Å². The van der Waals surface area contributed by atoms with Crippen molar-refractivity contribution in [2.45, 2.75) is 19.4 Å². The molecule has 1 amide bonds. The van der Waals surface area contributed by atoms with Crippen LogP contribution >= 0.6 is 11.3 Å². The Morgan fingerprint density at radius 1 is 1.22 bits per heavy atom. The van der Waals surface area contributed by atoms with E-state index in [9.17, 15) is 24.8 Å². The van der Waals surface area contributed by atoms with Crippen LogP contribution < -0.4 is 4.80 Å². The predicted molar refractivity (Wildman–Crippen MR) is 99.8 cm³/mol. The highest BCUT2D eigenvalue weighted by molar-refractivity contribution is 7.16. The first-order chi connectivity index (χ1) is 12.9. The molecule has 0 aliphatic rings. The van der Waals surface area contributed by atoms with Crippen LogP contribution in [0.25, 0.3) is 10.2 Å². The number of para-hydroxylation sites is 1. The molecule has 0 saturated carbocycles. The molecule has 3 aromatic rings. The van der Waals surface area contributed by atoms with Gasteiger partial charge in [-0.2, -0.15) is 4.99 Å². The second-order valence-electron chi connectivity index (χ2n) is 5.71. The van der Waals surface area contributed by atoms with E-state index in [0.717, 1.165) is 4.70 Å². The molecule has 2 aromatic carbocycles. The van der Waals surface area contributed by atoms with Crippen LogP contribution in [0.3, 0.4) is 0 Å². The second-order valence-corrected chi connectivity index (χ2v) is 6.71. The monoisotopic (exact) mass is 385 g/mol. The van der Waals surface area contributed by atoms with Crippen molar-refractivity contribution in [1.82, 2.24) is 4.57 Å². The average molecular weight is 385 g/mol. The van der Waals surface area contributed by atoms with Crippen molar-refractivity contribution < 1.29 is 19.6 Å². The Balaban J connectivity index is 2.13. The van der Waals surface area contributed by atoms with Gasteiger partial charge in [-0.15, -0.1) is 0 Å². The summed E-state index contributed by atoms with van der Waals surface area (Å²) in [4.78, 5) is 38.7. The van der Waals surface area contributed by atoms with Crippen LogP contribution in [0.2, 0.25) is 0 Å². The summed E-state index contributed by atoms with van der Waals surface area (Å²) in [6.07, 6.45) is 0.328. The third-order valence-corrected chi connectivity index (χ3v) is 5.07. The van der Waals surface area contributed by atoms with Crippen molar-refractivity contribution in [2.24, 2.45) is 4.99 Å². The van der Waals surface area contributed by atoms with Crippen LogP contribution in [0, 0.1) is 10.1 Å². The standard InChI is InChI=1S/C18H15N3O5S/c1-2-13(17(23)24)20-14-5-3-4-6-15(14)27-18(20)19-16(22)11-7-9-12(10-8-11)21(25)26/h3-10,13H,2H2,1H3,(H,23,24). The van der Waals surface area contributed by atoms with Crippen molar-refractivity contribution in [3.05, 3.63) is 69.0 Å². The molecule has 138 valence electrons. The first-order valence-corrected chi connectivity index (χ1v) is 8.90. The van der Waals surface area contributed by atoms with Crippen LogP contribution in [-0.2, 0) is 4.79 Å². The SMILES string of the molecule is CCC(C(=O)O)n1c(=NC(=O)c2ccc([N+](=O)[O-])cc2)sc2ccccc21. The number of fused-ring (bicyclic) bond motifs is 1. The summed E-state index contributed by atoms with van der Waals surface area (Å²) in [5.74, 6) is -1.60. The van der Waals surface area contributed by atoms with Gasteiger partial charge in [-0.05, 0) is 30.7 Å². The molecule has 0 saturated heterocycles. The number of thiazole rings is 1. The van der Waals surface area contributed by atoms with E-state index in [0.29, 0.717) is 11.9 Å². The van der Waals surface area contributed by atoms with E-state index in [1.54, 1.807) is 23.6 Å². The van der Waals surface area contributed by atoms with Crippen LogP contribution in [-0.4, -0.2) is 26.5 Å². The maximum Gasteiger partial charge on any atom is 0.326 e. The van der Waals surface area contributed by atoms with Gasteiger partial charge in [0.2, 0.25) is 0 Å². The molecule has 0 aliphatic carbocycles. The van der Waals surface area contributed by atoms with Gasteiger partial charge in [-0.3, -0.25) is 14.9 Å². The number of non-ortho nitro benzene ring substituents is 1. The first-order valence-electron chi connectivity index (χ1n) is 8.08. The maximum atomic E-state index is 12.5. The molecular formula is C18H15N3O5S. The van der Waals surface area contributed by atoms with Gasteiger partial charge >= 0.3 is 5.97 Å². The molecule has 8 nitrogen and oxygen atoms in total. The summed E-state index contributed by atoms with van der Waals surface area (Å²) in [6, 6.07) is 11.5. The zero-order valence-corrected chi connectivity index (χ0v) is 15.0. The molecule has 0 aliphatic heterocycles. The Labute approximate surface area is 157 Å². The van der Waals surface area contributed by atoms with Crippen molar-refractivity contribution >= 4 is 39.1 Å². The van der Waals surface area contributed by atoms with Gasteiger partial charge in [-0.25, -0.2) is 4.79 Å². The molecule has 1 aromatic heterocycles. The highest BCUT2D eigenvalue weighted by Crippen LogP contribution is 2.22. The van der Waals surface area contributed by atoms with Gasteiger partial charge in [0.15, 0.2) is 4.80 Å². The van der Waals surface area contributed by atoms with Crippen molar-refractivity contribution in [2.75, 3.05) is 0 Å². The van der Waals surface area contributed by atoms with E-state index >= 15 is 0 Å². The number of hydrogen-bond donors (Lipinski definition) is 1. The Morgan fingerprint density at radius 2 is 1.89 bits per heavy atom. The van der Waals surface area contributed by atoms with Crippen molar-refractivity contribution in [1.29, 1.82) is 0 Å². The van der Waals surface area contributed by atoms with Crippen LogP contribution in [0.15, 0.2) is 53.5 Å². The number of nitrogens with zero attached hydrogens (tertiary/aromatic N) is 3. The molecule has 1 N–H and O–H groups in total. The van der Waals surface area contributed by atoms with E-state index in [4.69, 9.17) is 0 Å². The molecule has 0 fully saturated rings. The number of carboxylic acid groups (broad SMARTS) is 1. The molecule has 1 unspecified atom stereocenters. The number of aliphatic carboxylic acids is 1. The summed E-state index contributed by atoms with van der Waals surface area (Å²) < 4.78 is 2.36.